The van der Waals surface area contributed by atoms with Crippen LogP contribution in [0.25, 0.3) is 0 Å². The summed E-state index contributed by atoms with van der Waals surface area (Å²) in [6.45, 7) is 1.34. The molecule has 1 amide bonds. The van der Waals surface area contributed by atoms with Gasteiger partial charge in [-0.2, -0.15) is 5.10 Å². The Bertz CT molecular complexity index is 452. The zero-order valence-electron chi connectivity index (χ0n) is 11.5. The second-order valence-corrected chi connectivity index (χ2v) is 5.14. The van der Waals surface area contributed by atoms with Crippen molar-refractivity contribution in [3.05, 3.63) is 18.0 Å². The van der Waals surface area contributed by atoms with Crippen molar-refractivity contribution in [2.24, 2.45) is 5.92 Å². The number of rotatable bonds is 5. The van der Waals surface area contributed by atoms with Crippen LogP contribution in [0, 0.1) is 5.92 Å². The lowest BCUT2D eigenvalue weighted by Gasteiger charge is -2.32. The fraction of sp³-hybridized carbons (Fsp3) is 0.615. The molecule has 0 radical (unpaired) electrons. The van der Waals surface area contributed by atoms with E-state index in [0.717, 1.165) is 12.8 Å². The number of aromatic nitrogens is 2. The third-order valence-electron chi connectivity index (χ3n) is 3.86. The van der Waals surface area contributed by atoms with E-state index in [4.69, 9.17) is 5.11 Å². The van der Waals surface area contributed by atoms with Crippen LogP contribution in [0.2, 0.25) is 0 Å². The van der Waals surface area contributed by atoms with Crippen LogP contribution >= 0.6 is 0 Å². The number of carbonyl (C=O) groups excluding carboxylic acids is 1. The lowest BCUT2D eigenvalue weighted by atomic mass is 9.90. The molecule has 110 valence electrons. The number of amides is 1. The van der Waals surface area contributed by atoms with E-state index in [0.29, 0.717) is 31.0 Å². The normalized spacial score (nSPS) is 17.9. The Balaban J connectivity index is 1.83. The van der Waals surface area contributed by atoms with Gasteiger partial charge in [0, 0.05) is 19.3 Å². The minimum Gasteiger partial charge on any atom is -0.480 e. The second kappa shape index (κ2) is 6.51. The Kier molecular flexibility index (Phi) is 4.73. The zero-order valence-corrected chi connectivity index (χ0v) is 11.5. The first-order chi connectivity index (χ1) is 9.61. The number of likely N-dealkylation sites (tertiary alicyclic amines) is 1. The smallest absolute Gasteiger partial charge is 0.320 e. The summed E-state index contributed by atoms with van der Waals surface area (Å²) in [4.78, 5) is 24.9. The van der Waals surface area contributed by atoms with Crippen LogP contribution in [0.15, 0.2) is 12.4 Å². The number of carboxylic acid groups (broad SMARTS) is 1. The maximum Gasteiger partial charge on any atom is 0.320 e. The van der Waals surface area contributed by atoms with Crippen LogP contribution in [0.1, 0.15) is 29.6 Å². The standard InChI is InChI=1S/C13H20N4O3/c1-14-11(13(19)20)6-9-2-4-17(5-3-9)12(18)10-7-15-16-8-10/h7-9,11,14H,2-6H2,1H3,(H,15,16)(H,19,20). The molecule has 2 rings (SSSR count). The molecule has 1 aliphatic rings. The van der Waals surface area contributed by atoms with Gasteiger partial charge >= 0.3 is 5.97 Å². The average molecular weight is 280 g/mol. The fourth-order valence-corrected chi connectivity index (χ4v) is 2.60. The van der Waals surface area contributed by atoms with Gasteiger partial charge in [0.05, 0.1) is 11.8 Å². The van der Waals surface area contributed by atoms with Gasteiger partial charge in [-0.15, -0.1) is 0 Å². The van der Waals surface area contributed by atoms with Gasteiger partial charge in [0.2, 0.25) is 0 Å². The monoisotopic (exact) mass is 280 g/mol. The Morgan fingerprint density at radius 1 is 1.55 bits per heavy atom. The van der Waals surface area contributed by atoms with Crippen LogP contribution in [0.3, 0.4) is 0 Å². The minimum atomic E-state index is -0.815. The van der Waals surface area contributed by atoms with Gasteiger partial charge in [-0.05, 0) is 32.2 Å². The van der Waals surface area contributed by atoms with Gasteiger partial charge in [0.1, 0.15) is 6.04 Å². The molecule has 0 aliphatic carbocycles. The van der Waals surface area contributed by atoms with Gasteiger partial charge in [-0.1, -0.05) is 0 Å². The first-order valence-electron chi connectivity index (χ1n) is 6.80. The van der Waals surface area contributed by atoms with Crippen molar-refractivity contribution >= 4 is 11.9 Å². The van der Waals surface area contributed by atoms with Crippen molar-refractivity contribution in [2.75, 3.05) is 20.1 Å². The lowest BCUT2D eigenvalue weighted by Crippen LogP contribution is -2.41. The minimum absolute atomic E-state index is 0.0133. The molecule has 0 bridgehead atoms. The molecule has 1 aromatic rings. The van der Waals surface area contributed by atoms with Crippen LogP contribution in [0.5, 0.6) is 0 Å². The fourth-order valence-electron chi connectivity index (χ4n) is 2.60. The van der Waals surface area contributed by atoms with Gasteiger partial charge in [-0.3, -0.25) is 14.7 Å². The molecule has 3 N–H and O–H groups in total. The number of aromatic amines is 1. The van der Waals surface area contributed by atoms with Crippen LogP contribution in [0.4, 0.5) is 0 Å². The van der Waals surface area contributed by atoms with Gasteiger partial charge in [0.15, 0.2) is 0 Å². The van der Waals surface area contributed by atoms with Crippen LogP contribution in [-0.2, 0) is 4.79 Å². The molecule has 1 aliphatic heterocycles. The van der Waals surface area contributed by atoms with Crippen molar-refractivity contribution in [1.29, 1.82) is 0 Å². The number of nitrogens with zero attached hydrogens (tertiary/aromatic N) is 2. The predicted molar refractivity (Wildman–Crippen MR) is 72.3 cm³/mol. The number of hydrogen-bond acceptors (Lipinski definition) is 4. The van der Waals surface area contributed by atoms with E-state index in [1.165, 1.54) is 6.20 Å². The first-order valence-corrected chi connectivity index (χ1v) is 6.80. The molecule has 1 atom stereocenters. The zero-order chi connectivity index (χ0) is 14.5. The molecule has 1 unspecified atom stereocenters. The molecule has 7 nitrogen and oxygen atoms in total. The number of carbonyl (C=O) groups is 2. The summed E-state index contributed by atoms with van der Waals surface area (Å²) in [7, 11) is 1.66. The summed E-state index contributed by atoms with van der Waals surface area (Å²) >= 11 is 0. The van der Waals surface area contributed by atoms with E-state index in [1.807, 2.05) is 0 Å². The number of likely N-dealkylation sites (N-methyl/N-ethyl adjacent to an activating group) is 1. The molecule has 1 saturated heterocycles. The highest BCUT2D eigenvalue weighted by Crippen LogP contribution is 2.23. The lowest BCUT2D eigenvalue weighted by molar-refractivity contribution is -0.139. The van der Waals surface area contributed by atoms with E-state index in [2.05, 4.69) is 15.5 Å². The quantitative estimate of drug-likeness (QED) is 0.721. The molecule has 1 aromatic heterocycles. The summed E-state index contributed by atoms with van der Waals surface area (Å²) in [6.07, 6.45) is 5.41. The van der Waals surface area contributed by atoms with Crippen LogP contribution < -0.4 is 5.32 Å². The van der Waals surface area contributed by atoms with Gasteiger partial charge < -0.3 is 15.3 Å². The maximum atomic E-state index is 12.1. The average Bonchev–Trinajstić information content (AvgIpc) is 2.98. The predicted octanol–water partition coefficient (Wildman–Crippen LogP) is 0.325. The molecule has 1 fully saturated rings. The van der Waals surface area contributed by atoms with Gasteiger partial charge in [0.25, 0.3) is 5.91 Å². The summed E-state index contributed by atoms with van der Waals surface area (Å²) in [5, 5.41) is 18.3. The number of nitrogens with one attached hydrogen (secondary N) is 2. The summed E-state index contributed by atoms with van der Waals surface area (Å²) < 4.78 is 0. The Morgan fingerprint density at radius 2 is 2.25 bits per heavy atom. The number of H-pyrrole nitrogens is 1. The molecule has 0 spiro atoms. The molecular weight excluding hydrogens is 260 g/mol. The largest absolute Gasteiger partial charge is 0.480 e. The Hall–Kier alpha value is -1.89. The molecule has 2 heterocycles. The number of carboxylic acids is 1. The van der Waals surface area contributed by atoms with Crippen molar-refractivity contribution in [3.8, 4) is 0 Å². The summed E-state index contributed by atoms with van der Waals surface area (Å²) in [5.41, 5.74) is 0.571. The molecule has 0 aromatic carbocycles. The van der Waals surface area contributed by atoms with E-state index in [9.17, 15) is 9.59 Å². The highest BCUT2D eigenvalue weighted by atomic mass is 16.4. The summed E-state index contributed by atoms with van der Waals surface area (Å²) in [6, 6.07) is -0.504. The number of piperidine rings is 1. The SMILES string of the molecule is CNC(CC1CCN(C(=O)c2cn[nH]c2)CC1)C(=O)O. The topological polar surface area (TPSA) is 98.3 Å². The van der Waals surface area contributed by atoms with Gasteiger partial charge in [-0.25, -0.2) is 0 Å². The molecular formula is C13H20N4O3. The maximum absolute atomic E-state index is 12.1. The van der Waals surface area contributed by atoms with E-state index < -0.39 is 12.0 Å². The highest BCUT2D eigenvalue weighted by Gasteiger charge is 2.27. The van der Waals surface area contributed by atoms with Crippen molar-refractivity contribution in [2.45, 2.75) is 25.3 Å². The first kappa shape index (κ1) is 14.5. The third-order valence-corrected chi connectivity index (χ3v) is 3.86. The van der Waals surface area contributed by atoms with E-state index in [-0.39, 0.29) is 5.91 Å². The van der Waals surface area contributed by atoms with Crippen molar-refractivity contribution < 1.29 is 14.7 Å². The second-order valence-electron chi connectivity index (χ2n) is 5.14. The van der Waals surface area contributed by atoms with E-state index >= 15 is 0 Å². The van der Waals surface area contributed by atoms with Crippen molar-refractivity contribution in [3.63, 3.8) is 0 Å². The number of aliphatic carboxylic acids is 1. The number of hydrogen-bond donors (Lipinski definition) is 3. The highest BCUT2D eigenvalue weighted by molar-refractivity contribution is 5.93. The summed E-state index contributed by atoms with van der Waals surface area (Å²) in [5.74, 6) is -0.484. The van der Waals surface area contributed by atoms with Crippen LogP contribution in [-0.4, -0.2) is 58.3 Å². The Labute approximate surface area is 117 Å². The molecule has 0 saturated carbocycles. The van der Waals surface area contributed by atoms with E-state index in [1.54, 1.807) is 18.1 Å². The third kappa shape index (κ3) is 3.36. The molecule has 7 heteroatoms. The molecule has 20 heavy (non-hydrogen) atoms. The Morgan fingerprint density at radius 3 is 2.75 bits per heavy atom. The van der Waals surface area contributed by atoms with Crippen molar-refractivity contribution in [1.82, 2.24) is 20.4 Å².